The van der Waals surface area contributed by atoms with Crippen LogP contribution in [0, 0.1) is 5.92 Å². The summed E-state index contributed by atoms with van der Waals surface area (Å²) in [6.45, 7) is 4.17. The van der Waals surface area contributed by atoms with E-state index in [-0.39, 0.29) is 12.5 Å². The Bertz CT molecular complexity index is 1100. The summed E-state index contributed by atoms with van der Waals surface area (Å²) in [5.74, 6) is 0.901. The number of benzene rings is 3. The summed E-state index contributed by atoms with van der Waals surface area (Å²) in [6.07, 6.45) is -0.538. The molecule has 0 aliphatic carbocycles. The lowest BCUT2D eigenvalue weighted by Crippen LogP contribution is -2.46. The third kappa shape index (κ3) is 6.01. The van der Waals surface area contributed by atoms with Gasteiger partial charge in [0.05, 0.1) is 46.1 Å². The van der Waals surface area contributed by atoms with Crippen LogP contribution in [-0.4, -0.2) is 69.1 Å². The average molecular weight is 520 g/mol. The van der Waals surface area contributed by atoms with Crippen molar-refractivity contribution in [1.29, 1.82) is 0 Å². The van der Waals surface area contributed by atoms with Crippen molar-refractivity contribution >= 4 is 5.91 Å². The molecule has 202 valence electrons. The van der Waals surface area contributed by atoms with Crippen molar-refractivity contribution in [2.75, 3.05) is 47.1 Å². The maximum Gasteiger partial charge on any atom is 0.228 e. The second kappa shape index (κ2) is 12.9. The lowest BCUT2D eigenvalue weighted by Gasteiger charge is -2.36. The third-order valence-electron chi connectivity index (χ3n) is 7.20. The number of ether oxygens (including phenoxy) is 4. The first-order chi connectivity index (χ1) is 18.5. The van der Waals surface area contributed by atoms with Gasteiger partial charge in [-0.05, 0) is 47.4 Å². The number of carbonyl (C=O) groups excluding carboxylic acids is 1. The van der Waals surface area contributed by atoms with E-state index >= 15 is 0 Å². The molecule has 7 heteroatoms. The Kier molecular flexibility index (Phi) is 9.39. The third-order valence-corrected chi connectivity index (χ3v) is 7.20. The predicted molar refractivity (Wildman–Crippen MR) is 145 cm³/mol. The quantitative estimate of drug-likeness (QED) is 0.382. The molecule has 1 aliphatic rings. The van der Waals surface area contributed by atoms with E-state index in [4.69, 9.17) is 18.9 Å². The van der Waals surface area contributed by atoms with E-state index in [0.29, 0.717) is 32.7 Å². The molecule has 0 aromatic heterocycles. The maximum absolute atomic E-state index is 12.9. The summed E-state index contributed by atoms with van der Waals surface area (Å²) >= 11 is 0. The number of morpholine rings is 1. The molecule has 0 saturated carbocycles. The first-order valence-electron chi connectivity index (χ1n) is 13.0. The van der Waals surface area contributed by atoms with E-state index in [2.05, 4.69) is 0 Å². The summed E-state index contributed by atoms with van der Waals surface area (Å²) in [7, 11) is 3.28. The molecule has 1 saturated heterocycles. The van der Waals surface area contributed by atoms with Crippen LogP contribution < -0.4 is 9.47 Å². The van der Waals surface area contributed by atoms with Crippen molar-refractivity contribution < 1.29 is 28.8 Å². The molecule has 0 radical (unpaired) electrons. The number of aliphatic hydroxyl groups is 1. The van der Waals surface area contributed by atoms with Crippen LogP contribution in [0.1, 0.15) is 30.0 Å². The minimum Gasteiger partial charge on any atom is -0.497 e. The lowest BCUT2D eigenvalue weighted by molar-refractivity contribution is -0.143. The van der Waals surface area contributed by atoms with E-state index in [9.17, 15) is 9.90 Å². The Morgan fingerprint density at radius 3 is 1.87 bits per heavy atom. The topological polar surface area (TPSA) is 77.5 Å². The standard InChI is InChI=1S/C31H37NO6/c1-23(30(34)32-18-21-37-22-19-32)29(33)17-20-38-31(24-7-5-4-6-8-24,25-9-13-27(35-2)14-10-25)26-11-15-28(36-3)16-12-26/h4-16,23,29,33H,17-22H2,1-3H3/t23-,29+/m1/s1. The fourth-order valence-corrected chi connectivity index (χ4v) is 4.89. The summed E-state index contributed by atoms with van der Waals surface area (Å²) in [5.41, 5.74) is 1.82. The van der Waals surface area contributed by atoms with E-state index in [1.807, 2.05) is 78.9 Å². The highest BCUT2D eigenvalue weighted by atomic mass is 16.5. The summed E-state index contributed by atoms with van der Waals surface area (Å²) < 4.78 is 23.0. The van der Waals surface area contributed by atoms with Gasteiger partial charge in [-0.25, -0.2) is 0 Å². The van der Waals surface area contributed by atoms with E-state index in [0.717, 1.165) is 28.2 Å². The zero-order valence-electron chi connectivity index (χ0n) is 22.3. The van der Waals surface area contributed by atoms with Crippen LogP contribution in [0.3, 0.4) is 0 Å². The van der Waals surface area contributed by atoms with Crippen LogP contribution in [0.5, 0.6) is 11.5 Å². The average Bonchev–Trinajstić information content (AvgIpc) is 2.99. The summed E-state index contributed by atoms with van der Waals surface area (Å²) in [6, 6.07) is 25.7. The Morgan fingerprint density at radius 1 is 0.868 bits per heavy atom. The van der Waals surface area contributed by atoms with Gasteiger partial charge in [0.15, 0.2) is 0 Å². The Hall–Kier alpha value is -3.39. The molecule has 38 heavy (non-hydrogen) atoms. The molecule has 2 atom stereocenters. The van der Waals surface area contributed by atoms with Gasteiger partial charge < -0.3 is 29.0 Å². The van der Waals surface area contributed by atoms with Gasteiger partial charge in [-0.15, -0.1) is 0 Å². The lowest BCUT2D eigenvalue weighted by atomic mass is 9.80. The molecule has 3 aromatic carbocycles. The van der Waals surface area contributed by atoms with Gasteiger partial charge in [-0.1, -0.05) is 61.5 Å². The largest absolute Gasteiger partial charge is 0.497 e. The van der Waals surface area contributed by atoms with E-state index < -0.39 is 17.6 Å². The molecule has 7 nitrogen and oxygen atoms in total. The van der Waals surface area contributed by atoms with Gasteiger partial charge in [-0.2, -0.15) is 0 Å². The highest BCUT2D eigenvalue weighted by Gasteiger charge is 2.38. The van der Waals surface area contributed by atoms with Gasteiger partial charge >= 0.3 is 0 Å². The molecule has 0 unspecified atom stereocenters. The van der Waals surface area contributed by atoms with Crippen LogP contribution in [0.2, 0.25) is 0 Å². The minimum atomic E-state index is -0.961. The molecule has 1 aliphatic heterocycles. The van der Waals surface area contributed by atoms with Gasteiger partial charge in [0.1, 0.15) is 17.1 Å². The maximum atomic E-state index is 12.9. The second-order valence-corrected chi connectivity index (χ2v) is 9.44. The fourth-order valence-electron chi connectivity index (χ4n) is 4.89. The molecule has 3 aromatic rings. The molecular weight excluding hydrogens is 482 g/mol. The Balaban J connectivity index is 1.64. The Labute approximate surface area is 224 Å². The fraction of sp³-hybridized carbons (Fsp3) is 0.387. The van der Waals surface area contributed by atoms with Gasteiger partial charge in [-0.3, -0.25) is 4.79 Å². The number of rotatable bonds is 11. The number of methoxy groups -OCH3 is 2. The molecule has 1 amide bonds. The molecular formula is C31H37NO6. The summed E-state index contributed by atoms with van der Waals surface area (Å²) in [5, 5.41) is 11.0. The van der Waals surface area contributed by atoms with Gasteiger partial charge in [0.2, 0.25) is 5.91 Å². The van der Waals surface area contributed by atoms with Crippen molar-refractivity contribution in [1.82, 2.24) is 4.90 Å². The van der Waals surface area contributed by atoms with Gasteiger partial charge in [0.25, 0.3) is 0 Å². The van der Waals surface area contributed by atoms with Crippen LogP contribution >= 0.6 is 0 Å². The van der Waals surface area contributed by atoms with E-state index in [1.165, 1.54) is 0 Å². The van der Waals surface area contributed by atoms with Crippen LogP contribution in [0.4, 0.5) is 0 Å². The summed E-state index contributed by atoms with van der Waals surface area (Å²) in [4.78, 5) is 14.7. The highest BCUT2D eigenvalue weighted by Crippen LogP contribution is 2.41. The number of aliphatic hydroxyl groups excluding tert-OH is 1. The smallest absolute Gasteiger partial charge is 0.228 e. The van der Waals surface area contributed by atoms with E-state index in [1.54, 1.807) is 26.0 Å². The van der Waals surface area contributed by atoms with Crippen molar-refractivity contribution in [2.45, 2.75) is 25.0 Å². The number of amides is 1. The van der Waals surface area contributed by atoms with Crippen LogP contribution in [-0.2, 0) is 19.9 Å². The minimum absolute atomic E-state index is 0.0552. The number of hydrogen-bond donors (Lipinski definition) is 1. The van der Waals surface area contributed by atoms with Gasteiger partial charge in [0, 0.05) is 13.1 Å². The monoisotopic (exact) mass is 519 g/mol. The van der Waals surface area contributed by atoms with Crippen LogP contribution in [0.25, 0.3) is 0 Å². The zero-order chi connectivity index (χ0) is 27.0. The van der Waals surface area contributed by atoms with Crippen LogP contribution in [0.15, 0.2) is 78.9 Å². The molecule has 0 spiro atoms. The molecule has 1 N–H and O–H groups in total. The Morgan fingerprint density at radius 2 is 1.37 bits per heavy atom. The SMILES string of the molecule is COc1ccc(C(OCC[C@H](O)[C@@H](C)C(=O)N2CCOCC2)(c2ccccc2)c2ccc(OC)cc2)cc1. The van der Waals surface area contributed by atoms with Crippen molar-refractivity contribution in [3.05, 3.63) is 95.6 Å². The highest BCUT2D eigenvalue weighted by molar-refractivity contribution is 5.79. The second-order valence-electron chi connectivity index (χ2n) is 9.44. The van der Waals surface area contributed by atoms with Crippen molar-refractivity contribution in [3.8, 4) is 11.5 Å². The number of carbonyl (C=O) groups is 1. The first kappa shape index (κ1) is 27.6. The zero-order valence-corrected chi connectivity index (χ0v) is 22.3. The number of nitrogens with zero attached hydrogens (tertiary/aromatic N) is 1. The molecule has 0 bridgehead atoms. The molecule has 1 fully saturated rings. The van der Waals surface area contributed by atoms with Crippen molar-refractivity contribution in [3.63, 3.8) is 0 Å². The number of hydrogen-bond acceptors (Lipinski definition) is 6. The molecule has 4 rings (SSSR count). The first-order valence-corrected chi connectivity index (χ1v) is 13.0. The predicted octanol–water partition coefficient (Wildman–Crippen LogP) is 4.26. The van der Waals surface area contributed by atoms with Crippen molar-refractivity contribution in [2.24, 2.45) is 5.92 Å². The molecule has 1 heterocycles. The normalized spacial score (nSPS) is 15.5.